The van der Waals surface area contributed by atoms with Crippen LogP contribution in [0.3, 0.4) is 0 Å². The van der Waals surface area contributed by atoms with Gasteiger partial charge < -0.3 is 9.47 Å². The van der Waals surface area contributed by atoms with Gasteiger partial charge in [0, 0.05) is 11.2 Å². The van der Waals surface area contributed by atoms with Crippen molar-refractivity contribution in [1.82, 2.24) is 4.98 Å². The Bertz CT molecular complexity index is 810. The van der Waals surface area contributed by atoms with Gasteiger partial charge in [-0.05, 0) is 49.1 Å². The Morgan fingerprint density at radius 2 is 2.07 bits per heavy atom. The second-order valence-electron chi connectivity index (χ2n) is 7.08. The molecule has 0 saturated heterocycles. The number of pyridine rings is 1. The van der Waals surface area contributed by atoms with E-state index < -0.39 is 5.82 Å². The van der Waals surface area contributed by atoms with Crippen LogP contribution in [0.25, 0.3) is 0 Å². The SMILES string of the molecule is O=COC1CC1c1ccc(OCc2cccc(SC3CCCC3)n2)c(F)c1. The molecule has 0 radical (unpaired) electrons. The van der Waals surface area contributed by atoms with E-state index in [1.165, 1.54) is 31.7 Å². The molecule has 0 amide bonds. The molecule has 4 rings (SSSR count). The van der Waals surface area contributed by atoms with E-state index in [2.05, 4.69) is 4.98 Å². The van der Waals surface area contributed by atoms with Crippen LogP contribution in [-0.2, 0) is 16.1 Å². The van der Waals surface area contributed by atoms with E-state index in [9.17, 15) is 9.18 Å². The van der Waals surface area contributed by atoms with Gasteiger partial charge in [-0.2, -0.15) is 0 Å². The number of halogens is 1. The van der Waals surface area contributed by atoms with Gasteiger partial charge in [0.15, 0.2) is 11.6 Å². The van der Waals surface area contributed by atoms with E-state index in [0.29, 0.717) is 11.7 Å². The van der Waals surface area contributed by atoms with Gasteiger partial charge in [0.05, 0.1) is 10.7 Å². The standard InChI is InChI=1S/C21H22FNO3S/c22-18-10-14(17-11-20(17)26-13-24)8-9-19(18)25-12-15-4-3-7-21(23-15)27-16-5-1-2-6-16/h3-4,7-10,13,16-17,20H,1-2,5-6,11-12H2. The smallest absolute Gasteiger partial charge is 0.293 e. The fourth-order valence-electron chi connectivity index (χ4n) is 3.54. The molecular formula is C21H22FNO3S. The van der Waals surface area contributed by atoms with E-state index in [1.807, 2.05) is 36.0 Å². The molecule has 0 spiro atoms. The molecule has 0 aliphatic heterocycles. The van der Waals surface area contributed by atoms with Crippen LogP contribution in [0.15, 0.2) is 41.4 Å². The molecule has 0 N–H and O–H groups in total. The first-order chi connectivity index (χ1) is 13.2. The fourth-order valence-corrected chi connectivity index (χ4v) is 4.78. The molecule has 4 nitrogen and oxygen atoms in total. The summed E-state index contributed by atoms with van der Waals surface area (Å²) in [4.78, 5) is 15.0. The van der Waals surface area contributed by atoms with Crippen LogP contribution in [0.2, 0.25) is 0 Å². The highest BCUT2D eigenvalue weighted by Crippen LogP contribution is 2.43. The number of thioether (sulfide) groups is 1. The number of hydrogen-bond donors (Lipinski definition) is 0. The predicted octanol–water partition coefficient (Wildman–Crippen LogP) is 4.86. The maximum Gasteiger partial charge on any atom is 0.293 e. The molecular weight excluding hydrogens is 365 g/mol. The van der Waals surface area contributed by atoms with Crippen molar-refractivity contribution in [1.29, 1.82) is 0 Å². The highest BCUT2D eigenvalue weighted by molar-refractivity contribution is 7.99. The first kappa shape index (κ1) is 18.3. The van der Waals surface area contributed by atoms with Crippen molar-refractivity contribution >= 4 is 18.2 Å². The van der Waals surface area contributed by atoms with Crippen molar-refractivity contribution in [3.63, 3.8) is 0 Å². The first-order valence-corrected chi connectivity index (χ1v) is 10.2. The van der Waals surface area contributed by atoms with Gasteiger partial charge >= 0.3 is 0 Å². The third kappa shape index (κ3) is 4.61. The number of aromatic nitrogens is 1. The molecule has 1 heterocycles. The summed E-state index contributed by atoms with van der Waals surface area (Å²) in [7, 11) is 0. The van der Waals surface area contributed by atoms with Crippen molar-refractivity contribution in [2.75, 3.05) is 0 Å². The van der Waals surface area contributed by atoms with Gasteiger partial charge in [-0.15, -0.1) is 11.8 Å². The Hall–Kier alpha value is -2.08. The summed E-state index contributed by atoms with van der Waals surface area (Å²) in [5, 5.41) is 1.67. The van der Waals surface area contributed by atoms with Gasteiger partial charge in [-0.1, -0.05) is 25.0 Å². The number of benzene rings is 1. The third-order valence-electron chi connectivity index (χ3n) is 5.09. The minimum atomic E-state index is -0.402. The van der Waals surface area contributed by atoms with E-state index >= 15 is 0 Å². The monoisotopic (exact) mass is 387 g/mol. The van der Waals surface area contributed by atoms with Gasteiger partial charge in [0.25, 0.3) is 6.47 Å². The summed E-state index contributed by atoms with van der Waals surface area (Å²) in [6.07, 6.45) is 5.73. The summed E-state index contributed by atoms with van der Waals surface area (Å²) >= 11 is 1.83. The Kier molecular flexibility index (Phi) is 5.62. The van der Waals surface area contributed by atoms with Crippen molar-refractivity contribution in [3.8, 4) is 5.75 Å². The molecule has 2 unspecified atom stereocenters. The summed E-state index contributed by atoms with van der Waals surface area (Å²) in [6, 6.07) is 10.8. The third-order valence-corrected chi connectivity index (χ3v) is 6.37. The van der Waals surface area contributed by atoms with E-state index in [1.54, 1.807) is 6.07 Å². The maximum absolute atomic E-state index is 14.3. The molecule has 2 atom stereocenters. The maximum atomic E-state index is 14.3. The molecule has 2 saturated carbocycles. The highest BCUT2D eigenvalue weighted by atomic mass is 32.2. The first-order valence-electron chi connectivity index (χ1n) is 9.37. The molecule has 27 heavy (non-hydrogen) atoms. The van der Waals surface area contributed by atoms with Crippen molar-refractivity contribution in [3.05, 3.63) is 53.5 Å². The van der Waals surface area contributed by atoms with Gasteiger partial charge in [-0.25, -0.2) is 9.37 Å². The van der Waals surface area contributed by atoms with Crippen LogP contribution >= 0.6 is 11.8 Å². The van der Waals surface area contributed by atoms with Gasteiger partial charge in [-0.3, -0.25) is 4.79 Å². The number of carbonyl (C=O) groups excluding carboxylic acids is 1. The molecule has 1 aromatic carbocycles. The van der Waals surface area contributed by atoms with Crippen molar-refractivity contribution in [2.24, 2.45) is 0 Å². The average Bonchev–Trinajstić information content (AvgIpc) is 3.25. The molecule has 6 heteroatoms. The lowest BCUT2D eigenvalue weighted by molar-refractivity contribution is -0.129. The summed E-state index contributed by atoms with van der Waals surface area (Å²) in [5.41, 5.74) is 1.63. The minimum Gasteiger partial charge on any atom is -0.484 e. The average molecular weight is 387 g/mol. The lowest BCUT2D eigenvalue weighted by Gasteiger charge is -2.11. The topological polar surface area (TPSA) is 48.4 Å². The van der Waals surface area contributed by atoms with Crippen LogP contribution in [-0.4, -0.2) is 22.8 Å². The normalized spacial score (nSPS) is 21.8. The van der Waals surface area contributed by atoms with E-state index in [-0.39, 0.29) is 24.4 Å². The molecule has 2 aliphatic rings. The second-order valence-corrected chi connectivity index (χ2v) is 8.40. The Morgan fingerprint density at radius 1 is 1.22 bits per heavy atom. The van der Waals surface area contributed by atoms with Crippen LogP contribution in [0.4, 0.5) is 4.39 Å². The quantitative estimate of drug-likeness (QED) is 0.605. The zero-order valence-corrected chi connectivity index (χ0v) is 15.8. The summed E-state index contributed by atoms with van der Waals surface area (Å²) in [6.45, 7) is 0.681. The fraction of sp³-hybridized carbons (Fsp3) is 0.429. The van der Waals surface area contributed by atoms with Gasteiger partial charge in [0.1, 0.15) is 12.7 Å². The zero-order chi connectivity index (χ0) is 18.6. The summed E-state index contributed by atoms with van der Waals surface area (Å²) < 4.78 is 24.9. The van der Waals surface area contributed by atoms with Crippen LogP contribution in [0, 0.1) is 5.82 Å². The lowest BCUT2D eigenvalue weighted by Crippen LogP contribution is -2.02. The molecule has 2 fully saturated rings. The van der Waals surface area contributed by atoms with E-state index in [4.69, 9.17) is 9.47 Å². The number of hydrogen-bond acceptors (Lipinski definition) is 5. The summed E-state index contributed by atoms with van der Waals surface area (Å²) in [5.74, 6) is -0.103. The molecule has 0 bridgehead atoms. The second kappa shape index (κ2) is 8.30. The van der Waals surface area contributed by atoms with Crippen molar-refractivity contribution < 1.29 is 18.7 Å². The Morgan fingerprint density at radius 3 is 2.85 bits per heavy atom. The molecule has 142 valence electrons. The minimum absolute atomic E-state index is 0.0877. The predicted molar refractivity (Wildman–Crippen MR) is 101 cm³/mol. The largest absolute Gasteiger partial charge is 0.484 e. The van der Waals surface area contributed by atoms with Crippen molar-refractivity contribution in [2.45, 2.75) is 61.0 Å². The van der Waals surface area contributed by atoms with Crippen LogP contribution < -0.4 is 4.74 Å². The lowest BCUT2D eigenvalue weighted by atomic mass is 10.1. The van der Waals surface area contributed by atoms with Crippen LogP contribution in [0.5, 0.6) is 5.75 Å². The molecule has 2 aliphatic carbocycles. The molecule has 2 aromatic rings. The zero-order valence-electron chi connectivity index (χ0n) is 15.0. The Labute approximate surface area is 162 Å². The Balaban J connectivity index is 1.35. The number of carbonyl (C=O) groups is 1. The van der Waals surface area contributed by atoms with Crippen LogP contribution in [0.1, 0.15) is 49.3 Å². The number of rotatable bonds is 8. The van der Waals surface area contributed by atoms with E-state index in [0.717, 1.165) is 22.7 Å². The number of ether oxygens (including phenoxy) is 2. The van der Waals surface area contributed by atoms with Gasteiger partial charge in [0.2, 0.25) is 0 Å². The number of nitrogens with zero attached hydrogens (tertiary/aromatic N) is 1. The highest BCUT2D eigenvalue weighted by Gasteiger charge is 2.40. The molecule has 1 aromatic heterocycles.